The Morgan fingerprint density at radius 3 is 2.70 bits per heavy atom. The molecule has 0 aromatic heterocycles. The minimum absolute atomic E-state index is 0.215. The Morgan fingerprint density at radius 2 is 2.30 bits per heavy atom. The molecule has 0 aromatic carbocycles. The molecule has 0 saturated carbocycles. The Bertz CT molecular complexity index is 215. The maximum Gasteiger partial charge on any atom is 0.263 e. The molecule has 1 heterocycles. The molecule has 0 bridgehead atoms. The number of nitrogens with zero attached hydrogens (tertiary/aromatic N) is 2. The molecule has 1 N–H and O–H groups in total. The summed E-state index contributed by atoms with van der Waals surface area (Å²) in [5.74, 6) is -0.215. The average molecular weight is 155 g/mol. The van der Waals surface area contributed by atoms with Gasteiger partial charge in [-0.1, -0.05) is 6.58 Å². The highest BCUT2D eigenvalue weighted by atomic mass is 32.2. The van der Waals surface area contributed by atoms with E-state index in [1.807, 2.05) is 0 Å². The highest BCUT2D eigenvalue weighted by molar-refractivity contribution is 8.18. The van der Waals surface area contributed by atoms with Gasteiger partial charge in [0.15, 0.2) is 5.17 Å². The van der Waals surface area contributed by atoms with Gasteiger partial charge in [-0.2, -0.15) is 5.10 Å². The monoisotopic (exact) mass is 155 g/mol. The van der Waals surface area contributed by atoms with E-state index in [1.54, 1.807) is 0 Å². The molecule has 1 aliphatic rings. The number of carbonyl (C=O) groups is 1. The second-order valence-corrected chi connectivity index (χ2v) is 2.61. The van der Waals surface area contributed by atoms with Gasteiger partial charge < -0.3 is 0 Å². The van der Waals surface area contributed by atoms with Crippen LogP contribution in [0.15, 0.2) is 21.7 Å². The maximum atomic E-state index is 10.7. The van der Waals surface area contributed by atoms with Gasteiger partial charge in [-0.15, -0.1) is 5.10 Å². The molecule has 4 nitrogen and oxygen atoms in total. The van der Waals surface area contributed by atoms with Gasteiger partial charge in [-0.3, -0.25) is 10.1 Å². The summed E-state index contributed by atoms with van der Waals surface area (Å²) in [5.41, 5.74) is 0. The first-order valence-corrected chi connectivity index (χ1v) is 3.27. The summed E-state index contributed by atoms with van der Waals surface area (Å²) in [5, 5.41) is 9.65. The summed E-state index contributed by atoms with van der Waals surface area (Å²) in [6.45, 7) is 6.62. The van der Waals surface area contributed by atoms with E-state index in [4.69, 9.17) is 0 Å². The molecule has 0 aromatic rings. The van der Waals surface area contributed by atoms with Crippen molar-refractivity contribution in [3.8, 4) is 0 Å². The second kappa shape index (κ2) is 2.66. The average Bonchev–Trinajstić information content (AvgIpc) is 2.14. The lowest BCUT2D eigenvalue weighted by molar-refractivity contribution is -0.115. The Kier molecular flexibility index (Phi) is 1.86. The molecule has 10 heavy (non-hydrogen) atoms. The number of thioether (sulfide) groups is 1. The van der Waals surface area contributed by atoms with Gasteiger partial charge in [0.05, 0.1) is 4.91 Å². The van der Waals surface area contributed by atoms with E-state index >= 15 is 0 Å². The van der Waals surface area contributed by atoms with Crippen LogP contribution in [-0.2, 0) is 4.79 Å². The van der Waals surface area contributed by atoms with Crippen molar-refractivity contribution in [2.24, 2.45) is 10.2 Å². The van der Waals surface area contributed by atoms with Gasteiger partial charge in [0, 0.05) is 6.72 Å². The molecule has 0 spiro atoms. The first kappa shape index (κ1) is 7.01. The lowest BCUT2D eigenvalue weighted by Crippen LogP contribution is -2.19. The van der Waals surface area contributed by atoms with Crippen molar-refractivity contribution < 1.29 is 4.79 Å². The fraction of sp³-hybridized carbons (Fsp3) is 0. The highest BCUT2D eigenvalue weighted by Crippen LogP contribution is 2.20. The van der Waals surface area contributed by atoms with E-state index in [2.05, 4.69) is 28.8 Å². The summed E-state index contributed by atoms with van der Waals surface area (Å²) in [4.78, 5) is 11.1. The topological polar surface area (TPSA) is 53.8 Å². The van der Waals surface area contributed by atoms with Crippen LogP contribution in [0.25, 0.3) is 0 Å². The number of nitrogens with one attached hydrogen (secondary N) is 1. The summed E-state index contributed by atoms with van der Waals surface area (Å²) in [6.07, 6.45) is 0. The van der Waals surface area contributed by atoms with Crippen LogP contribution in [0.4, 0.5) is 0 Å². The van der Waals surface area contributed by atoms with Crippen LogP contribution in [-0.4, -0.2) is 17.8 Å². The molecule has 0 radical (unpaired) electrons. The first-order valence-electron chi connectivity index (χ1n) is 2.46. The van der Waals surface area contributed by atoms with E-state index in [-0.39, 0.29) is 5.91 Å². The zero-order valence-corrected chi connectivity index (χ0v) is 5.94. The van der Waals surface area contributed by atoms with Gasteiger partial charge in [0.1, 0.15) is 0 Å². The third-order valence-corrected chi connectivity index (χ3v) is 1.66. The highest BCUT2D eigenvalue weighted by Gasteiger charge is 2.21. The Balaban J connectivity index is 2.74. The summed E-state index contributed by atoms with van der Waals surface area (Å²) < 4.78 is 0. The van der Waals surface area contributed by atoms with Gasteiger partial charge in [-0.25, -0.2) is 0 Å². The molecular weight excluding hydrogens is 150 g/mol. The molecule has 5 heteroatoms. The van der Waals surface area contributed by atoms with Crippen molar-refractivity contribution in [3.05, 3.63) is 11.5 Å². The Hall–Kier alpha value is -1.10. The van der Waals surface area contributed by atoms with Crippen molar-refractivity contribution in [1.29, 1.82) is 0 Å². The van der Waals surface area contributed by atoms with Gasteiger partial charge in [0.2, 0.25) is 0 Å². The molecule has 1 rings (SSSR count). The van der Waals surface area contributed by atoms with Gasteiger partial charge in [0.25, 0.3) is 5.91 Å². The molecule has 0 unspecified atom stereocenters. The van der Waals surface area contributed by atoms with E-state index < -0.39 is 0 Å². The second-order valence-electron chi connectivity index (χ2n) is 1.53. The first-order chi connectivity index (χ1) is 4.74. The number of hydrogen-bond donors (Lipinski definition) is 1. The molecule has 0 aliphatic carbocycles. The van der Waals surface area contributed by atoms with Crippen LogP contribution >= 0.6 is 11.8 Å². The summed E-state index contributed by atoms with van der Waals surface area (Å²) >= 11 is 1.16. The predicted molar refractivity (Wildman–Crippen MR) is 41.9 cm³/mol. The normalized spacial score (nSPS) is 21.4. The van der Waals surface area contributed by atoms with E-state index in [9.17, 15) is 4.79 Å². The standard InChI is InChI=1S/C5H5N3OS/c1-3-4(9)7-5(10-3)8-6-2/h1-2H2,(H,7,8,9). The molecule has 1 fully saturated rings. The molecule has 52 valence electrons. The largest absolute Gasteiger partial charge is 0.299 e. The zero-order valence-electron chi connectivity index (χ0n) is 5.13. The number of amidine groups is 1. The van der Waals surface area contributed by atoms with Crippen molar-refractivity contribution >= 4 is 29.6 Å². The van der Waals surface area contributed by atoms with Crippen LogP contribution < -0.4 is 5.32 Å². The minimum Gasteiger partial charge on any atom is -0.299 e. The fourth-order valence-electron chi connectivity index (χ4n) is 0.465. The van der Waals surface area contributed by atoms with Crippen LogP contribution in [0.3, 0.4) is 0 Å². The van der Waals surface area contributed by atoms with Gasteiger partial charge in [-0.05, 0) is 11.8 Å². The smallest absolute Gasteiger partial charge is 0.263 e. The van der Waals surface area contributed by atoms with Crippen LogP contribution in [0.2, 0.25) is 0 Å². The van der Waals surface area contributed by atoms with E-state index in [1.165, 1.54) is 0 Å². The molecular formula is C5H5N3OS. The van der Waals surface area contributed by atoms with Crippen molar-refractivity contribution in [2.45, 2.75) is 0 Å². The zero-order chi connectivity index (χ0) is 7.56. The minimum atomic E-state index is -0.215. The third kappa shape index (κ3) is 1.24. The quantitative estimate of drug-likeness (QED) is 0.337. The van der Waals surface area contributed by atoms with Gasteiger partial charge >= 0.3 is 0 Å². The summed E-state index contributed by atoms with van der Waals surface area (Å²) in [6, 6.07) is 0. The fourth-order valence-corrected chi connectivity index (χ4v) is 1.08. The van der Waals surface area contributed by atoms with Crippen molar-refractivity contribution in [1.82, 2.24) is 5.32 Å². The Morgan fingerprint density at radius 1 is 1.60 bits per heavy atom. The lowest BCUT2D eigenvalue weighted by Gasteiger charge is -1.85. The molecule has 0 atom stereocenters. The number of carbonyl (C=O) groups excluding carboxylic acids is 1. The lowest BCUT2D eigenvalue weighted by atomic mass is 10.6. The Labute approximate surface area is 62.1 Å². The summed E-state index contributed by atoms with van der Waals surface area (Å²) in [7, 11) is 0. The van der Waals surface area contributed by atoms with Crippen LogP contribution in [0.5, 0.6) is 0 Å². The maximum absolute atomic E-state index is 10.7. The molecule has 1 saturated heterocycles. The van der Waals surface area contributed by atoms with Crippen molar-refractivity contribution in [2.75, 3.05) is 0 Å². The van der Waals surface area contributed by atoms with Crippen LogP contribution in [0, 0.1) is 0 Å². The third-order valence-electron chi connectivity index (χ3n) is 0.855. The van der Waals surface area contributed by atoms with Crippen LogP contribution in [0.1, 0.15) is 0 Å². The van der Waals surface area contributed by atoms with E-state index in [0.717, 1.165) is 11.8 Å². The number of rotatable bonds is 1. The molecule has 1 aliphatic heterocycles. The predicted octanol–water partition coefficient (Wildman–Crippen LogP) is 0.335. The van der Waals surface area contributed by atoms with Crippen molar-refractivity contribution in [3.63, 3.8) is 0 Å². The number of hydrogen-bond acceptors (Lipinski definition) is 4. The molecule has 1 amide bonds. The SMILES string of the molecule is C=N/N=C1\NC(=O)C(=C)S1. The van der Waals surface area contributed by atoms with E-state index in [0.29, 0.717) is 10.1 Å². The number of amides is 1.